The Bertz CT molecular complexity index is 878. The monoisotopic (exact) mass is 567 g/mol. The highest BCUT2D eigenvalue weighted by atomic mass is 15.5. The highest BCUT2D eigenvalue weighted by molar-refractivity contribution is 5.09. The van der Waals surface area contributed by atoms with E-state index in [1.54, 1.807) is 0 Å². The fourth-order valence-electron chi connectivity index (χ4n) is 12.0. The van der Waals surface area contributed by atoms with Crippen LogP contribution in [0.15, 0.2) is 0 Å². The molecule has 41 heavy (non-hydrogen) atoms. The van der Waals surface area contributed by atoms with Gasteiger partial charge in [0.1, 0.15) is 0 Å². The van der Waals surface area contributed by atoms with Crippen LogP contribution in [0.1, 0.15) is 89.9 Å². The van der Waals surface area contributed by atoms with Crippen LogP contribution in [-0.4, -0.2) is 73.9 Å². The molecular weight excluding hydrogens is 510 g/mol. The summed E-state index contributed by atoms with van der Waals surface area (Å²) in [6.45, 7) is 1.15. The van der Waals surface area contributed by atoms with Crippen LogP contribution < -0.4 is 42.5 Å². The van der Waals surface area contributed by atoms with Crippen LogP contribution in [0.3, 0.4) is 0 Å². The second kappa shape index (κ2) is 10.9. The van der Waals surface area contributed by atoms with Gasteiger partial charge in [-0.15, -0.1) is 0 Å². The Labute approximate surface area is 247 Å². The number of piperidine rings is 1. The SMILES string of the molecule is CN1C2NC3NC(NC4NC(NC5NC(NC1C1CCCCC12)C1CCCNC51)C1CCCCC41)C1CCCCC31. The van der Waals surface area contributed by atoms with Crippen LogP contribution in [0.25, 0.3) is 0 Å². The van der Waals surface area contributed by atoms with E-state index in [1.807, 2.05) is 0 Å². The van der Waals surface area contributed by atoms with E-state index in [9.17, 15) is 0 Å². The third-order valence-electron chi connectivity index (χ3n) is 13.9. The maximum absolute atomic E-state index is 4.34. The van der Waals surface area contributed by atoms with Gasteiger partial charge in [0.05, 0.1) is 49.3 Å². The Morgan fingerprint density at radius 1 is 0.390 bits per heavy atom. The van der Waals surface area contributed by atoms with Gasteiger partial charge in [0, 0.05) is 12.0 Å². The Kier molecular flexibility index (Phi) is 7.19. The molecule has 6 aliphatic heterocycles. The van der Waals surface area contributed by atoms with Crippen molar-refractivity contribution in [2.24, 2.45) is 41.4 Å². The summed E-state index contributed by atoms with van der Waals surface area (Å²) in [7, 11) is 2.43. The summed E-state index contributed by atoms with van der Waals surface area (Å²) in [6.07, 6.45) is 22.3. The third kappa shape index (κ3) is 4.51. The van der Waals surface area contributed by atoms with Crippen LogP contribution in [0, 0.1) is 41.4 Å². The summed E-state index contributed by atoms with van der Waals surface area (Å²) in [5.41, 5.74) is 0. The molecule has 0 radical (unpaired) electrons. The molecule has 0 aromatic carbocycles. The Balaban J connectivity index is 1.07. The van der Waals surface area contributed by atoms with Gasteiger partial charge in [0.2, 0.25) is 0 Å². The van der Waals surface area contributed by atoms with Gasteiger partial charge in [0.25, 0.3) is 0 Å². The van der Waals surface area contributed by atoms with Gasteiger partial charge >= 0.3 is 0 Å². The number of fused-ring (bicyclic) bond motifs is 20. The van der Waals surface area contributed by atoms with E-state index >= 15 is 0 Å². The van der Waals surface area contributed by atoms with E-state index in [2.05, 4.69) is 54.5 Å². The molecule has 8 N–H and O–H groups in total. The van der Waals surface area contributed by atoms with Crippen molar-refractivity contribution in [3.05, 3.63) is 0 Å². The number of rotatable bonds is 0. The third-order valence-corrected chi connectivity index (χ3v) is 13.9. The molecule has 9 fully saturated rings. The Hall–Kier alpha value is -0.360. The van der Waals surface area contributed by atoms with Gasteiger partial charge in [-0.2, -0.15) is 0 Å². The molecule has 9 aliphatic rings. The molecule has 0 spiro atoms. The van der Waals surface area contributed by atoms with Crippen molar-refractivity contribution in [2.75, 3.05) is 13.6 Å². The van der Waals surface area contributed by atoms with E-state index in [0.717, 1.165) is 42.1 Å². The topological polar surface area (TPSA) is 99.5 Å². The molecule has 3 aliphatic carbocycles. The van der Waals surface area contributed by atoms with E-state index in [-0.39, 0.29) is 0 Å². The van der Waals surface area contributed by atoms with Crippen molar-refractivity contribution in [3.8, 4) is 0 Å². The summed E-state index contributed by atoms with van der Waals surface area (Å²) >= 11 is 0. The lowest BCUT2D eigenvalue weighted by molar-refractivity contribution is 0.115. The quantitative estimate of drug-likeness (QED) is 0.222. The minimum Gasteiger partial charge on any atom is -0.311 e. The molecule has 0 amide bonds. The fourth-order valence-corrected chi connectivity index (χ4v) is 12.0. The molecule has 16 unspecified atom stereocenters. The second-order valence-corrected chi connectivity index (χ2v) is 15.7. The maximum atomic E-state index is 4.34. The van der Waals surface area contributed by atoms with Gasteiger partial charge in [-0.3, -0.25) is 42.1 Å². The number of hydrogen-bond acceptors (Lipinski definition) is 9. The average molecular weight is 568 g/mol. The predicted octanol–water partition coefficient (Wildman–Crippen LogP) is 1.51. The highest BCUT2D eigenvalue weighted by Crippen LogP contribution is 2.46. The minimum atomic E-state index is 0.309. The normalized spacial score (nSPS) is 57.0. The van der Waals surface area contributed by atoms with Crippen molar-refractivity contribution in [2.45, 2.75) is 145 Å². The van der Waals surface area contributed by atoms with Crippen molar-refractivity contribution >= 4 is 0 Å². The van der Waals surface area contributed by atoms with Crippen LogP contribution in [0.5, 0.6) is 0 Å². The number of nitrogens with zero attached hydrogens (tertiary/aromatic N) is 1. The molecule has 9 heteroatoms. The lowest BCUT2D eigenvalue weighted by Gasteiger charge is -2.36. The van der Waals surface area contributed by atoms with Crippen LogP contribution in [0.4, 0.5) is 0 Å². The van der Waals surface area contributed by atoms with Gasteiger partial charge in [-0.1, -0.05) is 38.5 Å². The van der Waals surface area contributed by atoms with Gasteiger partial charge in [-0.25, -0.2) is 0 Å². The first kappa shape index (κ1) is 27.0. The lowest BCUT2D eigenvalue weighted by Crippen LogP contribution is -2.62. The van der Waals surface area contributed by atoms with Crippen molar-refractivity contribution < 1.29 is 0 Å². The van der Waals surface area contributed by atoms with Crippen molar-refractivity contribution in [3.63, 3.8) is 0 Å². The molecule has 8 bridgehead atoms. The molecular formula is C32H57N9. The summed E-state index contributed by atoms with van der Waals surface area (Å²) in [5, 5.41) is 33.6. The molecule has 6 saturated heterocycles. The lowest BCUT2D eigenvalue weighted by atomic mass is 9.77. The molecule has 0 aromatic rings. The zero-order valence-corrected chi connectivity index (χ0v) is 25.3. The van der Waals surface area contributed by atoms with Gasteiger partial charge in [0.15, 0.2) is 0 Å². The van der Waals surface area contributed by atoms with Crippen molar-refractivity contribution in [1.29, 1.82) is 0 Å². The van der Waals surface area contributed by atoms with Crippen LogP contribution in [0.2, 0.25) is 0 Å². The number of nitrogens with one attached hydrogen (secondary N) is 8. The molecule has 16 atom stereocenters. The van der Waals surface area contributed by atoms with Crippen molar-refractivity contribution in [1.82, 2.24) is 47.4 Å². The average Bonchev–Trinajstić information content (AvgIpc) is 3.72. The summed E-state index contributed by atoms with van der Waals surface area (Å²) in [6, 6.07) is 0.497. The van der Waals surface area contributed by atoms with E-state index in [0.29, 0.717) is 61.3 Å². The van der Waals surface area contributed by atoms with Crippen LogP contribution in [-0.2, 0) is 0 Å². The first-order valence-corrected chi connectivity index (χ1v) is 18.0. The van der Waals surface area contributed by atoms with Gasteiger partial charge < -0.3 is 5.32 Å². The van der Waals surface area contributed by atoms with Gasteiger partial charge in [-0.05, 0) is 100 Å². The second-order valence-electron chi connectivity index (χ2n) is 15.7. The predicted molar refractivity (Wildman–Crippen MR) is 161 cm³/mol. The highest BCUT2D eigenvalue weighted by Gasteiger charge is 2.55. The van der Waals surface area contributed by atoms with Crippen LogP contribution >= 0.6 is 0 Å². The zero-order chi connectivity index (χ0) is 27.1. The molecule has 0 aromatic heterocycles. The first-order valence-electron chi connectivity index (χ1n) is 18.0. The maximum Gasteiger partial charge on any atom is 0.0757 e. The molecule has 6 heterocycles. The minimum absolute atomic E-state index is 0.309. The fraction of sp³-hybridized carbons (Fsp3) is 1.00. The largest absolute Gasteiger partial charge is 0.311 e. The first-order chi connectivity index (χ1) is 20.2. The molecule has 9 nitrogen and oxygen atoms in total. The summed E-state index contributed by atoms with van der Waals surface area (Å²) in [4.78, 5) is 2.74. The molecule has 3 saturated carbocycles. The zero-order valence-electron chi connectivity index (χ0n) is 25.3. The smallest absolute Gasteiger partial charge is 0.0757 e. The molecule has 230 valence electrons. The molecule has 9 rings (SSSR count). The van der Waals surface area contributed by atoms with E-state index < -0.39 is 0 Å². The Morgan fingerprint density at radius 3 is 1.24 bits per heavy atom. The van der Waals surface area contributed by atoms with E-state index in [4.69, 9.17) is 0 Å². The Morgan fingerprint density at radius 2 is 0.756 bits per heavy atom. The van der Waals surface area contributed by atoms with E-state index in [1.165, 1.54) is 89.9 Å². The summed E-state index contributed by atoms with van der Waals surface area (Å²) < 4.78 is 0. The summed E-state index contributed by atoms with van der Waals surface area (Å²) in [5.74, 6) is 5.04. The standard InChI is InChI=1S/C32H57N9/c1-41-31-21-13-6-7-14-22(21)32(41)40-29-23-15-8-16-33-24(23)30(38-29)37-27-18-10-3-2-9-17(18)25(35-27)34-26-19-11-4-5-12-20(19)28(36-26)39-31/h17-40H,2-16H2,1H3. The number of hydrogen-bond donors (Lipinski definition) is 8.